The van der Waals surface area contributed by atoms with Crippen LogP contribution >= 0.6 is 0 Å². The Hall–Kier alpha value is -1.63. The van der Waals surface area contributed by atoms with E-state index >= 15 is 0 Å². The van der Waals surface area contributed by atoms with E-state index in [1.807, 2.05) is 35.9 Å². The van der Waals surface area contributed by atoms with E-state index in [9.17, 15) is 10.1 Å². The van der Waals surface area contributed by atoms with Gasteiger partial charge in [0, 0.05) is 12.7 Å². The molecule has 0 N–H and O–H groups in total. The van der Waals surface area contributed by atoms with Crippen LogP contribution in [0.4, 0.5) is 0 Å². The highest BCUT2D eigenvalue weighted by atomic mass is 16.7. The van der Waals surface area contributed by atoms with Crippen LogP contribution in [0, 0.1) is 10.1 Å². The maximum atomic E-state index is 10.9. The summed E-state index contributed by atoms with van der Waals surface area (Å²) in [4.78, 5) is 14.7. The van der Waals surface area contributed by atoms with Crippen LogP contribution in [0.3, 0.4) is 0 Å². The van der Waals surface area contributed by atoms with Gasteiger partial charge in [0.15, 0.2) is 5.03 Å². The Morgan fingerprint density at radius 2 is 2.25 bits per heavy atom. The van der Waals surface area contributed by atoms with Gasteiger partial charge < -0.3 is 14.5 Å². The van der Waals surface area contributed by atoms with Crippen LogP contribution in [-0.2, 0) is 4.74 Å². The van der Waals surface area contributed by atoms with Gasteiger partial charge in [-0.05, 0) is 34.1 Å². The number of ether oxygens (including phenoxy) is 1. The second-order valence-corrected chi connectivity index (χ2v) is 5.96. The van der Waals surface area contributed by atoms with E-state index in [0.717, 1.165) is 6.42 Å². The predicted molar refractivity (Wildman–Crippen MR) is 75.7 cm³/mol. The standard InChI is InChI=1S/C13H22N4O3/c1-5-6-15-9-13(3,4)16(12(15)14-17(18)19)11-7-10(2)20-8-11/h5-6,10-11H,7-9H2,1-4H3. The molecule has 2 unspecified atom stereocenters. The van der Waals surface area contributed by atoms with Crippen LogP contribution in [-0.4, -0.2) is 51.6 Å². The molecule has 7 nitrogen and oxygen atoms in total. The van der Waals surface area contributed by atoms with Crippen LogP contribution in [0.1, 0.15) is 34.1 Å². The van der Waals surface area contributed by atoms with Crippen LogP contribution in [0.5, 0.6) is 0 Å². The summed E-state index contributed by atoms with van der Waals surface area (Å²) in [5.41, 5.74) is -0.216. The van der Waals surface area contributed by atoms with Gasteiger partial charge in [-0.15, -0.1) is 0 Å². The molecule has 2 atom stereocenters. The smallest absolute Gasteiger partial charge is 0.278 e. The molecule has 0 saturated carbocycles. The monoisotopic (exact) mass is 282 g/mol. The molecule has 2 aliphatic rings. The van der Waals surface area contributed by atoms with Gasteiger partial charge in [-0.1, -0.05) is 6.08 Å². The van der Waals surface area contributed by atoms with Crippen molar-refractivity contribution in [1.29, 1.82) is 0 Å². The zero-order chi connectivity index (χ0) is 14.9. The van der Waals surface area contributed by atoms with Crippen LogP contribution in [0.25, 0.3) is 0 Å². The van der Waals surface area contributed by atoms with Crippen molar-refractivity contribution < 1.29 is 9.77 Å². The van der Waals surface area contributed by atoms with Crippen molar-refractivity contribution in [3.8, 4) is 0 Å². The minimum atomic E-state index is -0.626. The highest BCUT2D eigenvalue weighted by molar-refractivity contribution is 5.84. The molecule has 0 radical (unpaired) electrons. The molecule has 7 heteroatoms. The normalized spacial score (nSPS) is 31.7. The summed E-state index contributed by atoms with van der Waals surface area (Å²) >= 11 is 0. The topological polar surface area (TPSA) is 71.2 Å². The molecular formula is C13H22N4O3. The molecule has 112 valence electrons. The molecule has 0 spiro atoms. The van der Waals surface area contributed by atoms with Gasteiger partial charge in [0.2, 0.25) is 0 Å². The van der Waals surface area contributed by atoms with Crippen molar-refractivity contribution in [3.63, 3.8) is 0 Å². The van der Waals surface area contributed by atoms with Gasteiger partial charge >= 0.3 is 0 Å². The third-order valence-electron chi connectivity index (χ3n) is 3.72. The maximum Gasteiger partial charge on any atom is 0.278 e. The molecule has 0 aromatic carbocycles. The van der Waals surface area contributed by atoms with Crippen LogP contribution in [0.15, 0.2) is 17.4 Å². The minimum Gasteiger partial charge on any atom is -0.376 e. The molecule has 2 fully saturated rings. The average molecular weight is 282 g/mol. The Bertz CT molecular complexity index is 447. The van der Waals surface area contributed by atoms with Gasteiger partial charge in [0.25, 0.3) is 5.96 Å². The number of hydrazone groups is 1. The molecule has 0 bridgehead atoms. The fourth-order valence-electron chi connectivity index (χ4n) is 3.08. The average Bonchev–Trinajstić information content (AvgIpc) is 2.81. The Kier molecular flexibility index (Phi) is 3.99. The van der Waals surface area contributed by atoms with E-state index in [2.05, 4.69) is 18.9 Å². The summed E-state index contributed by atoms with van der Waals surface area (Å²) in [6.45, 7) is 9.33. The molecule has 0 aliphatic carbocycles. The third-order valence-corrected chi connectivity index (χ3v) is 3.72. The third kappa shape index (κ3) is 2.77. The molecule has 2 saturated heterocycles. The van der Waals surface area contributed by atoms with Crippen molar-refractivity contribution in [2.45, 2.75) is 51.8 Å². The van der Waals surface area contributed by atoms with Crippen molar-refractivity contribution in [2.24, 2.45) is 5.10 Å². The lowest BCUT2D eigenvalue weighted by atomic mass is 10.0. The molecule has 20 heavy (non-hydrogen) atoms. The lowest BCUT2D eigenvalue weighted by molar-refractivity contribution is -0.486. The first kappa shape index (κ1) is 14.8. The second-order valence-electron chi connectivity index (χ2n) is 5.96. The number of rotatable bonds is 3. The largest absolute Gasteiger partial charge is 0.376 e. The summed E-state index contributed by atoms with van der Waals surface area (Å²) in [5, 5.41) is 13.8. The van der Waals surface area contributed by atoms with Crippen molar-refractivity contribution >= 4 is 5.96 Å². The fourth-order valence-corrected chi connectivity index (χ4v) is 3.08. The first-order chi connectivity index (χ1) is 9.35. The Labute approximate surface area is 119 Å². The highest BCUT2D eigenvalue weighted by Gasteiger charge is 2.47. The summed E-state index contributed by atoms with van der Waals surface area (Å²) < 4.78 is 5.62. The summed E-state index contributed by atoms with van der Waals surface area (Å²) in [6, 6.07) is 0.133. The quantitative estimate of drug-likeness (QED) is 0.581. The lowest BCUT2D eigenvalue weighted by Crippen LogP contribution is -2.49. The highest BCUT2D eigenvalue weighted by Crippen LogP contribution is 2.33. The minimum absolute atomic E-state index is 0.133. The molecule has 0 amide bonds. The van der Waals surface area contributed by atoms with E-state index < -0.39 is 5.03 Å². The number of hydrogen-bond donors (Lipinski definition) is 0. The number of hydrogen-bond acceptors (Lipinski definition) is 3. The van der Waals surface area contributed by atoms with Gasteiger partial charge in [-0.25, -0.2) is 10.1 Å². The molecule has 2 rings (SSSR count). The molecule has 0 aromatic heterocycles. The fraction of sp³-hybridized carbons (Fsp3) is 0.769. The van der Waals surface area contributed by atoms with Gasteiger partial charge in [-0.3, -0.25) is 0 Å². The van der Waals surface area contributed by atoms with Crippen molar-refractivity contribution in [2.75, 3.05) is 13.2 Å². The van der Waals surface area contributed by atoms with Crippen LogP contribution < -0.4 is 0 Å². The molecule has 2 aliphatic heterocycles. The van der Waals surface area contributed by atoms with E-state index in [1.54, 1.807) is 0 Å². The van der Waals surface area contributed by atoms with E-state index in [4.69, 9.17) is 4.74 Å². The summed E-state index contributed by atoms with van der Waals surface area (Å²) in [5.74, 6) is 0.404. The zero-order valence-corrected chi connectivity index (χ0v) is 12.4. The second kappa shape index (κ2) is 5.40. The number of allylic oxidation sites excluding steroid dienone is 1. The Morgan fingerprint density at radius 1 is 1.55 bits per heavy atom. The number of guanidine groups is 1. The zero-order valence-electron chi connectivity index (χ0n) is 12.4. The first-order valence-electron chi connectivity index (χ1n) is 6.88. The Morgan fingerprint density at radius 3 is 2.75 bits per heavy atom. The maximum absolute atomic E-state index is 10.9. The van der Waals surface area contributed by atoms with Gasteiger partial charge in [-0.2, -0.15) is 0 Å². The van der Waals surface area contributed by atoms with Crippen molar-refractivity contribution in [1.82, 2.24) is 9.80 Å². The summed E-state index contributed by atoms with van der Waals surface area (Å²) in [6.07, 6.45) is 4.75. The van der Waals surface area contributed by atoms with Crippen LogP contribution in [0.2, 0.25) is 0 Å². The molecular weight excluding hydrogens is 260 g/mol. The molecule has 2 heterocycles. The lowest BCUT2D eigenvalue weighted by Gasteiger charge is -2.35. The SMILES string of the molecule is CC=CN1CC(C)(C)N(C2COC(C)C2)C1=N[N+](=O)[O-]. The van der Waals surface area contributed by atoms with Gasteiger partial charge in [0.1, 0.15) is 5.10 Å². The molecule has 0 aromatic rings. The van der Waals surface area contributed by atoms with Gasteiger partial charge in [0.05, 0.1) is 24.3 Å². The van der Waals surface area contributed by atoms with E-state index in [0.29, 0.717) is 19.1 Å². The Balaban J connectivity index is 2.36. The predicted octanol–water partition coefficient (Wildman–Crippen LogP) is 1.64. The summed E-state index contributed by atoms with van der Waals surface area (Å²) in [7, 11) is 0. The first-order valence-corrected chi connectivity index (χ1v) is 6.88. The van der Waals surface area contributed by atoms with E-state index in [1.165, 1.54) is 0 Å². The number of nitro groups is 1. The van der Waals surface area contributed by atoms with E-state index in [-0.39, 0.29) is 17.7 Å². The number of nitrogens with zero attached hydrogens (tertiary/aromatic N) is 4. The van der Waals surface area contributed by atoms with Crippen molar-refractivity contribution in [3.05, 3.63) is 22.4 Å².